The number of hydrogen-bond donors (Lipinski definition) is 1. The van der Waals surface area contributed by atoms with Crippen molar-refractivity contribution in [1.29, 1.82) is 0 Å². The number of rotatable bonds is 6. The first kappa shape index (κ1) is 19.0. The molecule has 0 bridgehead atoms. The van der Waals surface area contributed by atoms with Crippen LogP contribution >= 0.6 is 0 Å². The first-order valence-corrected chi connectivity index (χ1v) is 9.42. The number of aromatic nitrogens is 1. The molecule has 0 radical (unpaired) electrons. The minimum Gasteiger partial charge on any atom is -0.497 e. The standard InChI is InChI=1S/C21H27N3O3/c1-4-16-7-5-6-12-24(16)21(25)19-13-15(10-11-22-19)23-18-14-17(26-2)8-9-20(18)27-3/h8-11,13-14,16H,4-7,12H2,1-3H3,(H,22,23). The molecule has 1 atom stereocenters. The van der Waals surface area contributed by atoms with E-state index in [0.717, 1.165) is 42.9 Å². The van der Waals surface area contributed by atoms with E-state index in [1.807, 2.05) is 29.2 Å². The molecule has 1 aliphatic heterocycles. The number of benzene rings is 1. The normalized spacial score (nSPS) is 16.7. The highest BCUT2D eigenvalue weighted by Gasteiger charge is 2.27. The van der Waals surface area contributed by atoms with E-state index in [-0.39, 0.29) is 5.91 Å². The highest BCUT2D eigenvalue weighted by molar-refractivity contribution is 5.93. The lowest BCUT2D eigenvalue weighted by molar-refractivity contribution is 0.0602. The first-order valence-electron chi connectivity index (χ1n) is 9.42. The zero-order valence-corrected chi connectivity index (χ0v) is 16.2. The van der Waals surface area contributed by atoms with Crippen LogP contribution in [0.1, 0.15) is 43.1 Å². The molecular formula is C21H27N3O3. The van der Waals surface area contributed by atoms with Crippen LogP contribution in [0.5, 0.6) is 11.5 Å². The van der Waals surface area contributed by atoms with Gasteiger partial charge < -0.3 is 19.7 Å². The number of piperidine rings is 1. The van der Waals surface area contributed by atoms with Gasteiger partial charge in [0.2, 0.25) is 0 Å². The Bertz CT molecular complexity index is 794. The van der Waals surface area contributed by atoms with E-state index in [2.05, 4.69) is 17.2 Å². The molecule has 27 heavy (non-hydrogen) atoms. The third kappa shape index (κ3) is 4.32. The lowest BCUT2D eigenvalue weighted by atomic mass is 9.99. The van der Waals surface area contributed by atoms with Gasteiger partial charge in [-0.1, -0.05) is 6.92 Å². The van der Waals surface area contributed by atoms with Crippen molar-refractivity contribution in [2.24, 2.45) is 0 Å². The lowest BCUT2D eigenvalue weighted by Gasteiger charge is -2.35. The van der Waals surface area contributed by atoms with Gasteiger partial charge in [0.15, 0.2) is 0 Å². The molecule has 0 spiro atoms. The molecule has 1 aromatic carbocycles. The fourth-order valence-electron chi connectivity index (χ4n) is 3.53. The molecule has 1 amide bonds. The number of likely N-dealkylation sites (tertiary alicyclic amines) is 1. The molecule has 6 heteroatoms. The summed E-state index contributed by atoms with van der Waals surface area (Å²) in [7, 11) is 3.24. The summed E-state index contributed by atoms with van der Waals surface area (Å²) in [5.74, 6) is 1.42. The molecule has 0 aliphatic carbocycles. The van der Waals surface area contributed by atoms with Gasteiger partial charge in [-0.2, -0.15) is 0 Å². The molecule has 3 rings (SSSR count). The van der Waals surface area contributed by atoms with Gasteiger partial charge in [-0.15, -0.1) is 0 Å². The highest BCUT2D eigenvalue weighted by Crippen LogP contribution is 2.31. The maximum absolute atomic E-state index is 13.0. The number of pyridine rings is 1. The smallest absolute Gasteiger partial charge is 0.272 e. The van der Waals surface area contributed by atoms with Gasteiger partial charge in [-0.05, 0) is 49.9 Å². The Balaban J connectivity index is 1.82. The van der Waals surface area contributed by atoms with Crippen LogP contribution in [0.3, 0.4) is 0 Å². The van der Waals surface area contributed by atoms with Crippen LogP contribution in [0, 0.1) is 0 Å². The fourth-order valence-corrected chi connectivity index (χ4v) is 3.53. The van der Waals surface area contributed by atoms with Crippen LogP contribution < -0.4 is 14.8 Å². The Morgan fingerprint density at radius 3 is 2.81 bits per heavy atom. The number of anilines is 2. The van der Waals surface area contributed by atoms with Gasteiger partial charge in [-0.25, -0.2) is 0 Å². The second-order valence-electron chi connectivity index (χ2n) is 6.68. The largest absolute Gasteiger partial charge is 0.497 e. The molecule has 1 aromatic heterocycles. The van der Waals surface area contributed by atoms with Crippen molar-refractivity contribution in [1.82, 2.24) is 9.88 Å². The monoisotopic (exact) mass is 369 g/mol. The molecule has 2 aromatic rings. The average Bonchev–Trinajstić information content (AvgIpc) is 2.73. The maximum atomic E-state index is 13.0. The zero-order chi connectivity index (χ0) is 19.2. The van der Waals surface area contributed by atoms with Crippen molar-refractivity contribution in [3.8, 4) is 11.5 Å². The van der Waals surface area contributed by atoms with E-state index in [1.165, 1.54) is 6.42 Å². The maximum Gasteiger partial charge on any atom is 0.272 e. The van der Waals surface area contributed by atoms with Crippen molar-refractivity contribution in [2.45, 2.75) is 38.6 Å². The van der Waals surface area contributed by atoms with Crippen LogP contribution in [0.15, 0.2) is 36.5 Å². The number of carbonyl (C=O) groups excluding carboxylic acids is 1. The third-order valence-electron chi connectivity index (χ3n) is 5.02. The van der Waals surface area contributed by atoms with Gasteiger partial charge in [-0.3, -0.25) is 9.78 Å². The van der Waals surface area contributed by atoms with Crippen molar-refractivity contribution >= 4 is 17.3 Å². The van der Waals surface area contributed by atoms with E-state index < -0.39 is 0 Å². The summed E-state index contributed by atoms with van der Waals surface area (Å²) in [6, 6.07) is 9.48. The van der Waals surface area contributed by atoms with Crippen molar-refractivity contribution in [2.75, 3.05) is 26.1 Å². The number of methoxy groups -OCH3 is 2. The first-order chi connectivity index (χ1) is 13.2. The van der Waals surface area contributed by atoms with Crippen molar-refractivity contribution in [3.63, 3.8) is 0 Å². The SMILES string of the molecule is CCC1CCCCN1C(=O)c1cc(Nc2cc(OC)ccc2OC)ccn1. The summed E-state index contributed by atoms with van der Waals surface area (Å²) in [6.07, 6.45) is 5.95. The van der Waals surface area contributed by atoms with Crippen LogP contribution in [0.2, 0.25) is 0 Å². The van der Waals surface area contributed by atoms with Crippen molar-refractivity contribution in [3.05, 3.63) is 42.2 Å². The minimum absolute atomic E-state index is 0.00260. The number of carbonyl (C=O) groups is 1. The Hall–Kier alpha value is -2.76. The van der Waals surface area contributed by atoms with Crippen LogP contribution in [-0.4, -0.2) is 42.6 Å². The van der Waals surface area contributed by atoms with E-state index >= 15 is 0 Å². The molecule has 6 nitrogen and oxygen atoms in total. The Labute approximate surface area is 160 Å². The number of amides is 1. The van der Waals surface area contributed by atoms with Gasteiger partial charge in [0.1, 0.15) is 17.2 Å². The van der Waals surface area contributed by atoms with E-state index in [9.17, 15) is 4.79 Å². The van der Waals surface area contributed by atoms with E-state index in [0.29, 0.717) is 17.5 Å². The number of hydrogen-bond acceptors (Lipinski definition) is 5. The minimum atomic E-state index is 0.00260. The Morgan fingerprint density at radius 1 is 1.22 bits per heavy atom. The second-order valence-corrected chi connectivity index (χ2v) is 6.68. The van der Waals surface area contributed by atoms with E-state index in [4.69, 9.17) is 9.47 Å². The predicted molar refractivity (Wildman–Crippen MR) is 106 cm³/mol. The molecule has 0 saturated carbocycles. The van der Waals surface area contributed by atoms with Gasteiger partial charge in [0.05, 0.1) is 19.9 Å². The van der Waals surface area contributed by atoms with Gasteiger partial charge >= 0.3 is 0 Å². The molecule has 2 heterocycles. The summed E-state index contributed by atoms with van der Waals surface area (Å²) in [5, 5.41) is 3.31. The topological polar surface area (TPSA) is 63.7 Å². The van der Waals surface area contributed by atoms with Crippen molar-refractivity contribution < 1.29 is 14.3 Å². The van der Waals surface area contributed by atoms with E-state index in [1.54, 1.807) is 26.5 Å². The molecule has 1 saturated heterocycles. The third-order valence-corrected chi connectivity index (χ3v) is 5.02. The summed E-state index contributed by atoms with van der Waals surface area (Å²) >= 11 is 0. The highest BCUT2D eigenvalue weighted by atomic mass is 16.5. The molecule has 144 valence electrons. The molecule has 1 N–H and O–H groups in total. The van der Waals surface area contributed by atoms with Gasteiger partial charge in [0, 0.05) is 30.5 Å². The Kier molecular flexibility index (Phi) is 6.16. The van der Waals surface area contributed by atoms with Gasteiger partial charge in [0.25, 0.3) is 5.91 Å². The number of ether oxygens (including phenoxy) is 2. The molecule has 1 unspecified atom stereocenters. The predicted octanol–water partition coefficient (Wildman–Crippen LogP) is 4.25. The summed E-state index contributed by atoms with van der Waals surface area (Å²) < 4.78 is 10.7. The molecule has 1 aliphatic rings. The van der Waals surface area contributed by atoms with Crippen LogP contribution in [-0.2, 0) is 0 Å². The number of nitrogens with zero attached hydrogens (tertiary/aromatic N) is 2. The molecule has 1 fully saturated rings. The second kappa shape index (κ2) is 8.75. The fraction of sp³-hybridized carbons (Fsp3) is 0.429. The summed E-state index contributed by atoms with van der Waals surface area (Å²) in [5.41, 5.74) is 2.01. The summed E-state index contributed by atoms with van der Waals surface area (Å²) in [4.78, 5) is 19.3. The van der Waals surface area contributed by atoms with Crippen LogP contribution in [0.4, 0.5) is 11.4 Å². The van der Waals surface area contributed by atoms with Crippen LogP contribution in [0.25, 0.3) is 0 Å². The number of nitrogens with one attached hydrogen (secondary N) is 1. The molecular weight excluding hydrogens is 342 g/mol. The average molecular weight is 369 g/mol. The lowest BCUT2D eigenvalue weighted by Crippen LogP contribution is -2.43. The Morgan fingerprint density at radius 2 is 2.07 bits per heavy atom. The zero-order valence-electron chi connectivity index (χ0n) is 16.2. The quantitative estimate of drug-likeness (QED) is 0.825. The summed E-state index contributed by atoms with van der Waals surface area (Å²) in [6.45, 7) is 2.94.